The van der Waals surface area contributed by atoms with Crippen molar-refractivity contribution in [1.29, 1.82) is 0 Å². The Hall–Kier alpha value is -1.81. The first-order valence-corrected chi connectivity index (χ1v) is 5.45. The fraction of sp³-hybridized carbons (Fsp3) is 0.500. The van der Waals surface area contributed by atoms with Crippen molar-refractivity contribution in [2.75, 3.05) is 5.73 Å². The van der Waals surface area contributed by atoms with Gasteiger partial charge in [-0.05, 0) is 6.07 Å². The second-order valence-electron chi connectivity index (χ2n) is 4.14. The van der Waals surface area contributed by atoms with E-state index in [9.17, 15) is 24.9 Å². The van der Waals surface area contributed by atoms with Crippen molar-refractivity contribution >= 4 is 12.1 Å². The highest BCUT2D eigenvalue weighted by Crippen LogP contribution is 2.29. The van der Waals surface area contributed by atoms with Crippen LogP contribution in [0.5, 0.6) is 0 Å². The van der Waals surface area contributed by atoms with E-state index in [-0.39, 0.29) is 12.1 Å². The molecule has 2 rings (SSSR count). The Bertz CT molecular complexity index is 532. The van der Waals surface area contributed by atoms with Crippen LogP contribution in [0.4, 0.5) is 5.82 Å². The molecule has 1 aromatic heterocycles. The van der Waals surface area contributed by atoms with E-state index in [1.807, 2.05) is 0 Å². The molecule has 104 valence electrons. The lowest BCUT2D eigenvalue weighted by molar-refractivity contribution is -0.129. The van der Waals surface area contributed by atoms with E-state index < -0.39 is 36.3 Å². The van der Waals surface area contributed by atoms with Gasteiger partial charge in [-0.15, -0.1) is 0 Å². The van der Waals surface area contributed by atoms with Crippen molar-refractivity contribution in [2.45, 2.75) is 30.6 Å². The summed E-state index contributed by atoms with van der Waals surface area (Å²) in [5.74, 6) is -0.00115. The van der Waals surface area contributed by atoms with Crippen LogP contribution < -0.4 is 11.4 Å². The van der Waals surface area contributed by atoms with Gasteiger partial charge in [0.15, 0.2) is 12.5 Å². The van der Waals surface area contributed by atoms with E-state index in [0.717, 1.165) is 4.57 Å². The maximum Gasteiger partial charge on any atom is 0.351 e. The summed E-state index contributed by atoms with van der Waals surface area (Å²) in [5, 5.41) is 28.8. The first-order valence-electron chi connectivity index (χ1n) is 5.45. The van der Waals surface area contributed by atoms with Crippen LogP contribution in [0.3, 0.4) is 0 Å². The Morgan fingerprint density at radius 2 is 2.16 bits per heavy atom. The van der Waals surface area contributed by atoms with Gasteiger partial charge >= 0.3 is 5.69 Å². The molecule has 5 N–H and O–H groups in total. The molecule has 19 heavy (non-hydrogen) atoms. The molecule has 0 aromatic carbocycles. The number of hydrogen-bond acceptors (Lipinski definition) is 8. The van der Waals surface area contributed by atoms with Crippen LogP contribution in [0.1, 0.15) is 6.23 Å². The Balaban J connectivity index is 2.31. The van der Waals surface area contributed by atoms with Gasteiger partial charge in [0, 0.05) is 6.20 Å². The number of aromatic nitrogens is 2. The number of nitrogens with two attached hydrogens (primary N) is 1. The molecule has 2 heterocycles. The SMILES string of the molecule is Nc1ccn([C@@H]2O[C@H](C(O)C=O)[C@@H](O)[C@H]2O)c(=O)n1. The summed E-state index contributed by atoms with van der Waals surface area (Å²) in [7, 11) is 0. The zero-order chi connectivity index (χ0) is 14.2. The zero-order valence-electron chi connectivity index (χ0n) is 9.66. The van der Waals surface area contributed by atoms with E-state index >= 15 is 0 Å². The predicted molar refractivity (Wildman–Crippen MR) is 60.9 cm³/mol. The van der Waals surface area contributed by atoms with Gasteiger partial charge in [0.1, 0.15) is 30.2 Å². The molecule has 0 radical (unpaired) electrons. The minimum atomic E-state index is -1.60. The number of aldehydes is 1. The molecule has 1 fully saturated rings. The molecule has 5 atom stereocenters. The molecular formula is C10H13N3O6. The molecular weight excluding hydrogens is 258 g/mol. The Labute approximate surface area is 106 Å². The number of aliphatic hydroxyl groups is 3. The number of ether oxygens (including phenoxy) is 1. The van der Waals surface area contributed by atoms with Crippen LogP contribution in [0.2, 0.25) is 0 Å². The number of carbonyl (C=O) groups is 1. The first kappa shape index (κ1) is 13.6. The largest absolute Gasteiger partial charge is 0.387 e. The van der Waals surface area contributed by atoms with Crippen LogP contribution in [-0.2, 0) is 9.53 Å². The Kier molecular flexibility index (Phi) is 3.62. The minimum absolute atomic E-state index is 0.00115. The Morgan fingerprint density at radius 1 is 1.47 bits per heavy atom. The van der Waals surface area contributed by atoms with Gasteiger partial charge in [-0.25, -0.2) is 4.79 Å². The van der Waals surface area contributed by atoms with E-state index in [1.54, 1.807) is 0 Å². The Morgan fingerprint density at radius 3 is 2.74 bits per heavy atom. The molecule has 1 aliphatic rings. The van der Waals surface area contributed by atoms with Crippen molar-refractivity contribution in [3.63, 3.8) is 0 Å². The average molecular weight is 271 g/mol. The topological polar surface area (TPSA) is 148 Å². The molecule has 0 bridgehead atoms. The lowest BCUT2D eigenvalue weighted by Gasteiger charge is -2.17. The molecule has 1 saturated heterocycles. The third-order valence-corrected chi connectivity index (χ3v) is 2.88. The molecule has 1 unspecified atom stereocenters. The molecule has 1 aliphatic heterocycles. The first-order chi connectivity index (χ1) is 8.95. The standard InChI is InChI=1S/C10H13N3O6/c11-5-1-2-13(10(18)12-5)9-7(17)6(16)8(19-9)4(15)3-14/h1-4,6-9,15-17H,(H2,11,12,18)/t4?,6-,7+,8+,9+/m0/s1. The summed E-state index contributed by atoms with van der Waals surface area (Å²) in [6.07, 6.45) is -5.75. The van der Waals surface area contributed by atoms with Gasteiger partial charge in [0.05, 0.1) is 0 Å². The monoisotopic (exact) mass is 271 g/mol. The molecule has 0 aliphatic carbocycles. The van der Waals surface area contributed by atoms with Crippen molar-refractivity contribution in [3.8, 4) is 0 Å². The van der Waals surface area contributed by atoms with Crippen molar-refractivity contribution in [3.05, 3.63) is 22.7 Å². The quantitative estimate of drug-likeness (QED) is 0.425. The van der Waals surface area contributed by atoms with E-state index in [0.29, 0.717) is 0 Å². The number of rotatable bonds is 3. The fourth-order valence-electron chi connectivity index (χ4n) is 1.89. The van der Waals surface area contributed by atoms with E-state index in [4.69, 9.17) is 10.5 Å². The number of anilines is 1. The third kappa shape index (κ3) is 2.36. The summed E-state index contributed by atoms with van der Waals surface area (Å²) in [4.78, 5) is 25.5. The van der Waals surface area contributed by atoms with Crippen LogP contribution in [0, 0.1) is 0 Å². The number of nitrogens with zero attached hydrogens (tertiary/aromatic N) is 2. The maximum absolute atomic E-state index is 11.6. The minimum Gasteiger partial charge on any atom is -0.387 e. The van der Waals surface area contributed by atoms with Crippen molar-refractivity contribution < 1.29 is 24.9 Å². The summed E-state index contributed by atoms with van der Waals surface area (Å²) in [6.45, 7) is 0. The van der Waals surface area contributed by atoms with E-state index in [1.165, 1.54) is 12.3 Å². The highest BCUT2D eigenvalue weighted by molar-refractivity contribution is 5.57. The molecule has 0 amide bonds. The third-order valence-electron chi connectivity index (χ3n) is 2.88. The van der Waals surface area contributed by atoms with Crippen LogP contribution in [0.15, 0.2) is 17.1 Å². The van der Waals surface area contributed by atoms with Crippen molar-refractivity contribution in [2.24, 2.45) is 0 Å². The van der Waals surface area contributed by atoms with Gasteiger partial charge in [-0.3, -0.25) is 4.57 Å². The van der Waals surface area contributed by atoms with Crippen molar-refractivity contribution in [1.82, 2.24) is 9.55 Å². The molecule has 0 saturated carbocycles. The summed E-state index contributed by atoms with van der Waals surface area (Å²) in [5.41, 5.74) is 4.54. The molecule has 0 spiro atoms. The smallest absolute Gasteiger partial charge is 0.351 e. The summed E-state index contributed by atoms with van der Waals surface area (Å²) >= 11 is 0. The van der Waals surface area contributed by atoms with Gasteiger partial charge in [-0.1, -0.05) is 0 Å². The van der Waals surface area contributed by atoms with E-state index in [2.05, 4.69) is 4.98 Å². The van der Waals surface area contributed by atoms with Crippen LogP contribution in [0.25, 0.3) is 0 Å². The normalized spacial score (nSPS) is 32.2. The second kappa shape index (κ2) is 5.05. The van der Waals surface area contributed by atoms with Gasteiger partial charge < -0.3 is 30.6 Å². The molecule has 1 aromatic rings. The summed E-state index contributed by atoms with van der Waals surface area (Å²) in [6, 6.07) is 1.31. The predicted octanol–water partition coefficient (Wildman–Crippen LogP) is -3.00. The van der Waals surface area contributed by atoms with Gasteiger partial charge in [0.2, 0.25) is 0 Å². The lowest BCUT2D eigenvalue weighted by Crippen LogP contribution is -2.39. The number of hydrogen-bond donors (Lipinski definition) is 4. The van der Waals surface area contributed by atoms with Crippen LogP contribution >= 0.6 is 0 Å². The fourth-order valence-corrected chi connectivity index (χ4v) is 1.89. The lowest BCUT2D eigenvalue weighted by atomic mass is 10.1. The average Bonchev–Trinajstić information content (AvgIpc) is 2.66. The summed E-state index contributed by atoms with van der Waals surface area (Å²) < 4.78 is 6.06. The van der Waals surface area contributed by atoms with Crippen LogP contribution in [-0.4, -0.2) is 55.6 Å². The van der Waals surface area contributed by atoms with Gasteiger partial charge in [-0.2, -0.15) is 4.98 Å². The number of carbonyl (C=O) groups excluding carboxylic acids is 1. The highest BCUT2D eigenvalue weighted by Gasteiger charge is 2.47. The zero-order valence-corrected chi connectivity index (χ0v) is 9.66. The number of aliphatic hydroxyl groups excluding tert-OH is 3. The second-order valence-corrected chi connectivity index (χ2v) is 4.14. The number of nitrogen functional groups attached to an aromatic ring is 1. The molecule has 9 nitrogen and oxygen atoms in total. The van der Waals surface area contributed by atoms with Gasteiger partial charge in [0.25, 0.3) is 0 Å². The highest BCUT2D eigenvalue weighted by atomic mass is 16.6. The maximum atomic E-state index is 11.6. The molecule has 9 heteroatoms.